The highest BCUT2D eigenvalue weighted by atomic mass is 32.2. The maximum atomic E-state index is 12.4. The highest BCUT2D eigenvalue weighted by Crippen LogP contribution is 2.32. The lowest BCUT2D eigenvalue weighted by atomic mass is 10.1. The number of aromatic carboxylic acids is 1. The van der Waals surface area contributed by atoms with Crippen molar-refractivity contribution in [2.75, 3.05) is 6.54 Å². The van der Waals surface area contributed by atoms with E-state index in [0.29, 0.717) is 10.5 Å². The van der Waals surface area contributed by atoms with Crippen LogP contribution in [0.1, 0.15) is 29.8 Å². The zero-order valence-corrected chi connectivity index (χ0v) is 14.6. The minimum Gasteiger partial charge on any atom is -0.545 e. The first-order chi connectivity index (χ1) is 11.3. The van der Waals surface area contributed by atoms with E-state index in [1.807, 2.05) is 0 Å². The fraction of sp³-hybridized carbons (Fsp3) is 0.250. The van der Waals surface area contributed by atoms with Crippen molar-refractivity contribution in [3.63, 3.8) is 0 Å². The van der Waals surface area contributed by atoms with E-state index in [4.69, 9.17) is 17.0 Å². The van der Waals surface area contributed by atoms with E-state index in [-0.39, 0.29) is 28.4 Å². The molecule has 1 saturated heterocycles. The molecule has 0 N–H and O–H groups in total. The summed E-state index contributed by atoms with van der Waals surface area (Å²) < 4.78 is 5.29. The Kier molecular flexibility index (Phi) is 5.74. The molecule has 1 aliphatic heterocycles. The van der Waals surface area contributed by atoms with Crippen molar-refractivity contribution in [3.8, 4) is 0 Å². The maximum absolute atomic E-state index is 12.4. The fourth-order valence-electron chi connectivity index (χ4n) is 1.93. The summed E-state index contributed by atoms with van der Waals surface area (Å²) in [6, 6.07) is 5.90. The SMILES string of the molecule is CC(C)OC(=O)CN1C(=O)C(=Cc2ccc(C(=O)[O-])cc2)SC1=S. The summed E-state index contributed by atoms with van der Waals surface area (Å²) >= 11 is 6.21. The van der Waals surface area contributed by atoms with E-state index in [9.17, 15) is 19.5 Å². The number of carbonyl (C=O) groups is 3. The Balaban J connectivity index is 2.12. The van der Waals surface area contributed by atoms with Crippen molar-refractivity contribution in [2.45, 2.75) is 20.0 Å². The quantitative estimate of drug-likeness (QED) is 0.441. The number of benzene rings is 1. The molecule has 0 spiro atoms. The van der Waals surface area contributed by atoms with Gasteiger partial charge in [0, 0.05) is 0 Å². The number of carboxylic acid groups (broad SMARTS) is 1. The predicted octanol–water partition coefficient (Wildman–Crippen LogP) is 1.20. The molecule has 0 radical (unpaired) electrons. The van der Waals surface area contributed by atoms with E-state index in [0.717, 1.165) is 11.8 Å². The van der Waals surface area contributed by atoms with Gasteiger partial charge in [-0.05, 0) is 31.1 Å². The normalized spacial score (nSPS) is 16.1. The van der Waals surface area contributed by atoms with Crippen LogP contribution in [0.15, 0.2) is 29.2 Å². The molecule has 24 heavy (non-hydrogen) atoms. The maximum Gasteiger partial charge on any atom is 0.326 e. The lowest BCUT2D eigenvalue weighted by molar-refractivity contribution is -0.255. The molecule has 1 aliphatic rings. The van der Waals surface area contributed by atoms with Gasteiger partial charge in [-0.3, -0.25) is 14.5 Å². The van der Waals surface area contributed by atoms with Crippen LogP contribution in [0.5, 0.6) is 0 Å². The van der Waals surface area contributed by atoms with Gasteiger partial charge in [0.15, 0.2) is 0 Å². The number of thiocarbonyl (C=S) groups is 1. The molecule has 2 rings (SSSR count). The smallest absolute Gasteiger partial charge is 0.326 e. The van der Waals surface area contributed by atoms with Gasteiger partial charge in [-0.15, -0.1) is 0 Å². The molecule has 0 aliphatic carbocycles. The Morgan fingerprint density at radius 3 is 2.50 bits per heavy atom. The van der Waals surface area contributed by atoms with Gasteiger partial charge in [-0.25, -0.2) is 0 Å². The van der Waals surface area contributed by atoms with Gasteiger partial charge in [0.25, 0.3) is 5.91 Å². The third kappa shape index (κ3) is 4.42. The average Bonchev–Trinajstić information content (AvgIpc) is 2.74. The number of carbonyl (C=O) groups excluding carboxylic acids is 3. The molecule has 8 heteroatoms. The van der Waals surface area contributed by atoms with Crippen LogP contribution in [0.25, 0.3) is 6.08 Å². The van der Waals surface area contributed by atoms with E-state index in [2.05, 4.69) is 0 Å². The largest absolute Gasteiger partial charge is 0.545 e. The summed E-state index contributed by atoms with van der Waals surface area (Å²) in [4.78, 5) is 36.3. The Morgan fingerprint density at radius 2 is 1.96 bits per heavy atom. The van der Waals surface area contributed by atoms with Crippen LogP contribution >= 0.6 is 24.0 Å². The van der Waals surface area contributed by atoms with Gasteiger partial charge in [-0.1, -0.05) is 48.2 Å². The zero-order valence-electron chi connectivity index (χ0n) is 13.0. The molecule has 1 amide bonds. The van der Waals surface area contributed by atoms with E-state index in [1.165, 1.54) is 17.0 Å². The Bertz CT molecular complexity index is 724. The highest BCUT2D eigenvalue weighted by Gasteiger charge is 2.33. The number of carboxylic acids is 1. The fourth-order valence-corrected chi connectivity index (χ4v) is 3.19. The standard InChI is InChI=1S/C16H15NO5S2/c1-9(2)22-13(18)8-17-14(19)12(24-16(17)23)7-10-3-5-11(6-4-10)15(20)21/h3-7,9H,8H2,1-2H3,(H,20,21)/p-1. The molecule has 1 aromatic rings. The Labute approximate surface area is 148 Å². The van der Waals surface area contributed by atoms with Crippen LogP contribution in [0.3, 0.4) is 0 Å². The molecule has 1 aromatic carbocycles. The van der Waals surface area contributed by atoms with E-state index < -0.39 is 11.9 Å². The third-order valence-corrected chi connectivity index (χ3v) is 4.35. The molecule has 1 fully saturated rings. The Hall–Kier alpha value is -2.19. The lowest BCUT2D eigenvalue weighted by Gasteiger charge is -2.14. The molecule has 0 bridgehead atoms. The van der Waals surface area contributed by atoms with Gasteiger partial charge in [0.05, 0.1) is 17.0 Å². The third-order valence-electron chi connectivity index (χ3n) is 2.97. The molecule has 0 aromatic heterocycles. The van der Waals surface area contributed by atoms with Gasteiger partial charge < -0.3 is 14.6 Å². The van der Waals surface area contributed by atoms with E-state index in [1.54, 1.807) is 32.1 Å². The molecule has 1 heterocycles. The van der Waals surface area contributed by atoms with Crippen molar-refractivity contribution >= 4 is 52.2 Å². The van der Waals surface area contributed by atoms with Crippen molar-refractivity contribution in [1.29, 1.82) is 0 Å². The summed E-state index contributed by atoms with van der Waals surface area (Å²) in [5.41, 5.74) is 0.696. The first kappa shape index (κ1) is 18.2. The summed E-state index contributed by atoms with van der Waals surface area (Å²) in [6.45, 7) is 3.21. The molecule has 126 valence electrons. The summed E-state index contributed by atoms with van der Waals surface area (Å²) in [6.07, 6.45) is 1.32. The predicted molar refractivity (Wildman–Crippen MR) is 91.9 cm³/mol. The van der Waals surface area contributed by atoms with Gasteiger partial charge in [-0.2, -0.15) is 0 Å². The summed E-state index contributed by atoms with van der Waals surface area (Å²) in [5, 5.41) is 10.7. The molecule has 0 atom stereocenters. The molecule has 0 saturated carbocycles. The monoisotopic (exact) mass is 364 g/mol. The number of thioether (sulfide) groups is 1. The van der Waals surface area contributed by atoms with Crippen LogP contribution in [0.4, 0.5) is 0 Å². The van der Waals surface area contributed by atoms with Gasteiger partial charge >= 0.3 is 5.97 Å². The lowest BCUT2D eigenvalue weighted by Crippen LogP contribution is -2.35. The first-order valence-electron chi connectivity index (χ1n) is 7.04. The number of nitrogens with zero attached hydrogens (tertiary/aromatic N) is 1. The van der Waals surface area contributed by atoms with Crippen LogP contribution in [0, 0.1) is 0 Å². The highest BCUT2D eigenvalue weighted by molar-refractivity contribution is 8.26. The van der Waals surface area contributed by atoms with Crippen LogP contribution in [-0.4, -0.2) is 39.7 Å². The van der Waals surface area contributed by atoms with Crippen molar-refractivity contribution in [3.05, 3.63) is 40.3 Å². The van der Waals surface area contributed by atoms with E-state index >= 15 is 0 Å². The summed E-state index contributed by atoms with van der Waals surface area (Å²) in [7, 11) is 0. The number of amides is 1. The van der Waals surface area contributed by atoms with Gasteiger partial charge in [0.1, 0.15) is 10.9 Å². The number of esters is 1. The second kappa shape index (κ2) is 7.59. The van der Waals surface area contributed by atoms with Crippen molar-refractivity contribution in [2.24, 2.45) is 0 Å². The average molecular weight is 364 g/mol. The minimum atomic E-state index is -1.27. The topological polar surface area (TPSA) is 86.7 Å². The number of hydrogen-bond donors (Lipinski definition) is 0. The van der Waals surface area contributed by atoms with Gasteiger partial charge in [0.2, 0.25) is 0 Å². The van der Waals surface area contributed by atoms with Crippen LogP contribution in [-0.2, 0) is 14.3 Å². The second-order valence-electron chi connectivity index (χ2n) is 5.22. The van der Waals surface area contributed by atoms with Crippen LogP contribution < -0.4 is 5.11 Å². The first-order valence-corrected chi connectivity index (χ1v) is 8.26. The molecular formula is C16H14NO5S2-. The molecular weight excluding hydrogens is 350 g/mol. The second-order valence-corrected chi connectivity index (χ2v) is 6.89. The number of hydrogen-bond acceptors (Lipinski definition) is 7. The molecule has 6 nitrogen and oxygen atoms in total. The number of rotatable bonds is 5. The number of ether oxygens (including phenoxy) is 1. The van der Waals surface area contributed by atoms with Crippen molar-refractivity contribution < 1.29 is 24.2 Å². The minimum absolute atomic E-state index is 0.0520. The van der Waals surface area contributed by atoms with Crippen LogP contribution in [0.2, 0.25) is 0 Å². The molecule has 0 unspecified atom stereocenters. The Morgan fingerprint density at radius 1 is 1.33 bits per heavy atom. The summed E-state index contributed by atoms with van der Waals surface area (Å²) in [5.74, 6) is -2.17. The zero-order chi connectivity index (χ0) is 17.9. The van der Waals surface area contributed by atoms with Crippen molar-refractivity contribution in [1.82, 2.24) is 4.90 Å².